The Labute approximate surface area is 213 Å². The summed E-state index contributed by atoms with van der Waals surface area (Å²) in [6, 6.07) is 26.0. The Morgan fingerprint density at radius 1 is 0.889 bits per heavy atom. The van der Waals surface area contributed by atoms with E-state index in [9.17, 15) is 8.42 Å². The van der Waals surface area contributed by atoms with Crippen molar-refractivity contribution in [2.45, 2.75) is 49.8 Å². The van der Waals surface area contributed by atoms with Gasteiger partial charge in [0.15, 0.2) is 0 Å². The van der Waals surface area contributed by atoms with Crippen molar-refractivity contribution in [3.8, 4) is 0 Å². The molecule has 0 fully saturated rings. The van der Waals surface area contributed by atoms with E-state index >= 15 is 0 Å². The summed E-state index contributed by atoms with van der Waals surface area (Å²) < 4.78 is 27.7. The van der Waals surface area contributed by atoms with Gasteiger partial charge in [0, 0.05) is 44.6 Å². The van der Waals surface area contributed by atoms with E-state index in [1.165, 1.54) is 15.4 Å². The maximum atomic E-state index is 13.2. The van der Waals surface area contributed by atoms with Crippen molar-refractivity contribution < 1.29 is 8.42 Å². The molecule has 6 nitrogen and oxygen atoms in total. The monoisotopic (exact) mass is 500 g/mol. The molecule has 0 saturated carbocycles. The average molecular weight is 501 g/mol. The normalized spacial score (nSPS) is 15.8. The van der Waals surface area contributed by atoms with Gasteiger partial charge in [0.2, 0.25) is 10.0 Å². The molecular weight excluding hydrogens is 468 g/mol. The van der Waals surface area contributed by atoms with E-state index in [1.807, 2.05) is 48.7 Å². The standard InChI is InChI=1S/C29H32N4O2S/c1-32(19-23-8-3-2-4-9-23)36(34,35)27-16-14-24(15-17-27)20-33(21-26-18-30-22-31-26)29-13-7-11-25-10-5-6-12-28(25)29/h2-6,8-10,12,14-18,22,29H,7,11,13,19-21H2,1H3,(H,30,31). The quantitative estimate of drug-likeness (QED) is 0.338. The molecule has 1 aliphatic rings. The molecule has 1 aromatic heterocycles. The SMILES string of the molecule is CN(Cc1ccccc1)S(=O)(=O)c1ccc(CN(Cc2cnc[nH]2)C2CCCc3ccccc32)cc1. The van der Waals surface area contributed by atoms with Crippen LogP contribution in [0.15, 0.2) is 96.3 Å². The van der Waals surface area contributed by atoms with Gasteiger partial charge in [-0.3, -0.25) is 4.90 Å². The highest BCUT2D eigenvalue weighted by atomic mass is 32.2. The number of benzene rings is 3. The first-order chi connectivity index (χ1) is 17.5. The van der Waals surface area contributed by atoms with E-state index in [-0.39, 0.29) is 0 Å². The van der Waals surface area contributed by atoms with Gasteiger partial charge in [0.1, 0.15) is 0 Å². The number of H-pyrrole nitrogens is 1. The van der Waals surface area contributed by atoms with Crippen LogP contribution in [0.5, 0.6) is 0 Å². The number of sulfonamides is 1. The van der Waals surface area contributed by atoms with Gasteiger partial charge in [0.05, 0.1) is 11.2 Å². The van der Waals surface area contributed by atoms with Gasteiger partial charge in [-0.15, -0.1) is 0 Å². The molecule has 0 amide bonds. The molecule has 36 heavy (non-hydrogen) atoms. The molecule has 7 heteroatoms. The van der Waals surface area contributed by atoms with Crippen LogP contribution in [0.4, 0.5) is 0 Å². The highest BCUT2D eigenvalue weighted by Gasteiger charge is 2.27. The van der Waals surface area contributed by atoms with Crippen molar-refractivity contribution in [1.29, 1.82) is 0 Å². The van der Waals surface area contributed by atoms with Gasteiger partial charge in [-0.25, -0.2) is 13.4 Å². The summed E-state index contributed by atoms with van der Waals surface area (Å²) in [5.41, 5.74) is 5.93. The van der Waals surface area contributed by atoms with Crippen molar-refractivity contribution in [2.24, 2.45) is 0 Å². The molecule has 0 radical (unpaired) electrons. The summed E-state index contributed by atoms with van der Waals surface area (Å²) >= 11 is 0. The van der Waals surface area contributed by atoms with Crippen molar-refractivity contribution in [1.82, 2.24) is 19.2 Å². The van der Waals surface area contributed by atoms with Crippen LogP contribution >= 0.6 is 0 Å². The highest BCUT2D eigenvalue weighted by Crippen LogP contribution is 2.36. The van der Waals surface area contributed by atoms with Gasteiger partial charge in [-0.1, -0.05) is 66.7 Å². The van der Waals surface area contributed by atoms with Crippen LogP contribution in [0.25, 0.3) is 0 Å². The maximum absolute atomic E-state index is 13.2. The zero-order valence-corrected chi connectivity index (χ0v) is 21.4. The molecule has 1 heterocycles. The molecular formula is C29H32N4O2S. The van der Waals surface area contributed by atoms with Gasteiger partial charge >= 0.3 is 0 Å². The Morgan fingerprint density at radius 3 is 2.36 bits per heavy atom. The lowest BCUT2D eigenvalue weighted by atomic mass is 9.86. The molecule has 186 valence electrons. The number of hydrogen-bond acceptors (Lipinski definition) is 4. The molecule has 1 atom stereocenters. The van der Waals surface area contributed by atoms with Crippen molar-refractivity contribution in [2.75, 3.05) is 7.05 Å². The number of aryl methyl sites for hydroxylation is 1. The Kier molecular flexibility index (Phi) is 7.32. The molecule has 3 aromatic carbocycles. The minimum atomic E-state index is -3.58. The van der Waals surface area contributed by atoms with E-state index in [1.54, 1.807) is 25.5 Å². The third-order valence-corrected chi connectivity index (χ3v) is 8.79. The van der Waals surface area contributed by atoms with E-state index in [0.29, 0.717) is 17.5 Å². The predicted octanol–water partition coefficient (Wildman–Crippen LogP) is 5.31. The Balaban J connectivity index is 1.36. The zero-order valence-electron chi connectivity index (χ0n) is 20.5. The fourth-order valence-electron chi connectivity index (χ4n) is 5.08. The lowest BCUT2D eigenvalue weighted by Crippen LogP contribution is -2.31. The van der Waals surface area contributed by atoms with Crippen LogP contribution in [0.1, 0.15) is 46.8 Å². The van der Waals surface area contributed by atoms with Crippen LogP contribution in [-0.4, -0.2) is 34.6 Å². The number of rotatable bonds is 9. The largest absolute Gasteiger partial charge is 0.347 e. The highest BCUT2D eigenvalue weighted by molar-refractivity contribution is 7.89. The Hall–Kier alpha value is -3.26. The smallest absolute Gasteiger partial charge is 0.243 e. The van der Waals surface area contributed by atoms with Crippen molar-refractivity contribution >= 4 is 10.0 Å². The third kappa shape index (κ3) is 5.43. The topological polar surface area (TPSA) is 69.3 Å². The minimum absolute atomic E-state index is 0.304. The molecule has 0 saturated heterocycles. The zero-order chi connectivity index (χ0) is 25.0. The number of aromatic nitrogens is 2. The van der Waals surface area contributed by atoms with Crippen molar-refractivity contribution in [3.05, 3.63) is 119 Å². The summed E-state index contributed by atoms with van der Waals surface area (Å²) in [7, 11) is -1.95. The van der Waals surface area contributed by atoms with Crippen LogP contribution in [-0.2, 0) is 36.1 Å². The second-order valence-electron chi connectivity index (χ2n) is 9.48. The van der Waals surface area contributed by atoms with E-state index < -0.39 is 10.0 Å². The maximum Gasteiger partial charge on any atom is 0.243 e. The molecule has 1 N–H and O–H groups in total. The number of aromatic amines is 1. The van der Waals surface area contributed by atoms with Gasteiger partial charge in [0.25, 0.3) is 0 Å². The van der Waals surface area contributed by atoms with Crippen LogP contribution in [0.2, 0.25) is 0 Å². The summed E-state index contributed by atoms with van der Waals surface area (Å²) in [4.78, 5) is 10.2. The first-order valence-electron chi connectivity index (χ1n) is 12.4. The first-order valence-corrected chi connectivity index (χ1v) is 13.8. The van der Waals surface area contributed by atoms with Crippen molar-refractivity contribution in [3.63, 3.8) is 0 Å². The summed E-state index contributed by atoms with van der Waals surface area (Å²) in [6.45, 7) is 1.81. The van der Waals surface area contributed by atoms with E-state index in [0.717, 1.165) is 49.2 Å². The molecule has 4 aromatic rings. The third-order valence-electron chi connectivity index (χ3n) is 6.97. The van der Waals surface area contributed by atoms with E-state index in [4.69, 9.17) is 0 Å². The fraction of sp³-hybridized carbons (Fsp3) is 0.276. The second kappa shape index (κ2) is 10.8. The number of nitrogens with one attached hydrogen (secondary N) is 1. The Bertz CT molecular complexity index is 1370. The Morgan fingerprint density at radius 2 is 1.61 bits per heavy atom. The summed E-state index contributed by atoms with van der Waals surface area (Å²) in [6.07, 6.45) is 6.97. The van der Waals surface area contributed by atoms with Crippen LogP contribution in [0, 0.1) is 0 Å². The van der Waals surface area contributed by atoms with Crippen LogP contribution in [0.3, 0.4) is 0 Å². The molecule has 1 aliphatic carbocycles. The number of imidazole rings is 1. The number of hydrogen-bond donors (Lipinski definition) is 1. The van der Waals surface area contributed by atoms with Gasteiger partial charge < -0.3 is 4.98 Å². The molecule has 0 bridgehead atoms. The number of nitrogens with zero attached hydrogens (tertiary/aromatic N) is 3. The first kappa shape index (κ1) is 24.4. The molecule has 0 aliphatic heterocycles. The fourth-order valence-corrected chi connectivity index (χ4v) is 6.24. The van der Waals surface area contributed by atoms with Gasteiger partial charge in [-0.05, 0) is 53.6 Å². The van der Waals surface area contributed by atoms with E-state index in [2.05, 4.69) is 39.1 Å². The second-order valence-corrected chi connectivity index (χ2v) is 11.5. The lowest BCUT2D eigenvalue weighted by Gasteiger charge is -2.36. The minimum Gasteiger partial charge on any atom is -0.347 e. The molecule has 1 unspecified atom stereocenters. The average Bonchev–Trinajstić information content (AvgIpc) is 3.42. The number of fused-ring (bicyclic) bond motifs is 1. The molecule has 0 spiro atoms. The molecule has 5 rings (SSSR count). The summed E-state index contributed by atoms with van der Waals surface area (Å²) in [5.74, 6) is 0. The van der Waals surface area contributed by atoms with Crippen LogP contribution < -0.4 is 0 Å². The summed E-state index contributed by atoms with van der Waals surface area (Å²) in [5, 5.41) is 0. The lowest BCUT2D eigenvalue weighted by molar-refractivity contribution is 0.159. The van der Waals surface area contributed by atoms with Gasteiger partial charge in [-0.2, -0.15) is 4.31 Å². The predicted molar refractivity (Wildman–Crippen MR) is 141 cm³/mol.